The maximum atomic E-state index is 12.6. The summed E-state index contributed by atoms with van der Waals surface area (Å²) in [4.78, 5) is 17.0. The van der Waals surface area contributed by atoms with Crippen molar-refractivity contribution in [2.24, 2.45) is 0 Å². The van der Waals surface area contributed by atoms with E-state index in [-0.39, 0.29) is 17.8 Å². The van der Waals surface area contributed by atoms with Crippen LogP contribution in [0.25, 0.3) is 0 Å². The lowest BCUT2D eigenvalue weighted by molar-refractivity contribution is -0.141. The molecule has 9 heteroatoms. The summed E-state index contributed by atoms with van der Waals surface area (Å²) in [5.74, 6) is -0.580. The van der Waals surface area contributed by atoms with Crippen LogP contribution in [0.2, 0.25) is 0 Å². The monoisotopic (exact) mass is 376 g/mol. The van der Waals surface area contributed by atoms with Gasteiger partial charge in [-0.3, -0.25) is 4.79 Å². The summed E-state index contributed by atoms with van der Waals surface area (Å²) in [6.45, 7) is 1.28. The lowest BCUT2D eigenvalue weighted by Gasteiger charge is -2.19. The number of alkyl halides is 6. The molecule has 0 saturated heterocycles. The van der Waals surface area contributed by atoms with E-state index >= 15 is 0 Å². The molecule has 2 rings (SSSR count). The number of amides is 1. The number of rotatable bonds is 3. The van der Waals surface area contributed by atoms with Gasteiger partial charge < -0.3 is 4.90 Å². The van der Waals surface area contributed by atoms with E-state index < -0.39 is 29.5 Å². The maximum absolute atomic E-state index is 12.6. The summed E-state index contributed by atoms with van der Waals surface area (Å²) in [6.07, 6.45) is -9.07. The van der Waals surface area contributed by atoms with Crippen molar-refractivity contribution in [2.75, 3.05) is 7.05 Å². The molecule has 0 atom stereocenters. The van der Waals surface area contributed by atoms with Gasteiger partial charge in [-0.2, -0.15) is 26.3 Å². The zero-order chi connectivity index (χ0) is 19.7. The van der Waals surface area contributed by atoms with Crippen molar-refractivity contribution >= 4 is 5.91 Å². The van der Waals surface area contributed by atoms with Crippen molar-refractivity contribution in [1.82, 2.24) is 9.88 Å². The fraction of sp³-hybridized carbons (Fsp3) is 0.294. The summed E-state index contributed by atoms with van der Waals surface area (Å²) in [7, 11) is 1.40. The van der Waals surface area contributed by atoms with Gasteiger partial charge in [-0.1, -0.05) is 12.1 Å². The predicted molar refractivity (Wildman–Crippen MR) is 81.2 cm³/mol. The number of aryl methyl sites for hydroxylation is 1. The van der Waals surface area contributed by atoms with Gasteiger partial charge in [-0.25, -0.2) is 4.98 Å². The first-order valence-electron chi connectivity index (χ1n) is 7.36. The van der Waals surface area contributed by atoms with Crippen molar-refractivity contribution in [1.29, 1.82) is 0 Å². The largest absolute Gasteiger partial charge is 0.433 e. The number of halogens is 6. The lowest BCUT2D eigenvalue weighted by atomic mass is 10.1. The SMILES string of the molecule is Cc1nc(C(F)(F)F)ccc1C(=O)N(C)Cc1ccc(C(F)(F)F)cc1. The van der Waals surface area contributed by atoms with Gasteiger partial charge in [-0.05, 0) is 36.8 Å². The van der Waals surface area contributed by atoms with Crippen molar-refractivity contribution < 1.29 is 31.1 Å². The molecule has 0 aliphatic rings. The molecule has 26 heavy (non-hydrogen) atoms. The molecule has 0 radical (unpaired) electrons. The Balaban J connectivity index is 2.15. The van der Waals surface area contributed by atoms with E-state index in [4.69, 9.17) is 0 Å². The molecule has 1 aromatic carbocycles. The number of nitrogens with zero attached hydrogens (tertiary/aromatic N) is 2. The second kappa shape index (κ2) is 6.97. The van der Waals surface area contributed by atoms with Crippen molar-refractivity contribution in [3.63, 3.8) is 0 Å². The van der Waals surface area contributed by atoms with E-state index in [1.807, 2.05) is 0 Å². The second-order valence-electron chi connectivity index (χ2n) is 5.68. The molecule has 0 bridgehead atoms. The van der Waals surface area contributed by atoms with Gasteiger partial charge in [0.2, 0.25) is 0 Å². The molecule has 2 aromatic rings. The van der Waals surface area contributed by atoms with Gasteiger partial charge in [0.15, 0.2) is 0 Å². The highest BCUT2D eigenvalue weighted by Gasteiger charge is 2.33. The third-order valence-corrected chi connectivity index (χ3v) is 3.65. The number of pyridine rings is 1. The van der Waals surface area contributed by atoms with E-state index in [1.54, 1.807) is 0 Å². The third-order valence-electron chi connectivity index (χ3n) is 3.65. The third kappa shape index (κ3) is 4.53. The summed E-state index contributed by atoms with van der Waals surface area (Å²) in [5, 5.41) is 0. The molecule has 3 nitrogen and oxygen atoms in total. The van der Waals surface area contributed by atoms with Gasteiger partial charge in [0, 0.05) is 13.6 Å². The highest BCUT2D eigenvalue weighted by Crippen LogP contribution is 2.30. The average Bonchev–Trinajstić information content (AvgIpc) is 2.53. The number of benzene rings is 1. The van der Waals surface area contributed by atoms with Gasteiger partial charge >= 0.3 is 12.4 Å². The summed E-state index contributed by atoms with van der Waals surface area (Å²) < 4.78 is 75.5. The zero-order valence-corrected chi connectivity index (χ0v) is 13.7. The van der Waals surface area contributed by atoms with E-state index in [1.165, 1.54) is 31.0 Å². The molecule has 0 saturated carbocycles. The van der Waals surface area contributed by atoms with Crippen LogP contribution in [0.5, 0.6) is 0 Å². The first-order valence-corrected chi connectivity index (χ1v) is 7.36. The van der Waals surface area contributed by atoms with E-state index in [0.717, 1.165) is 18.2 Å². The van der Waals surface area contributed by atoms with Crippen molar-refractivity contribution in [3.05, 3.63) is 64.5 Å². The summed E-state index contributed by atoms with van der Waals surface area (Å²) >= 11 is 0. The van der Waals surface area contributed by atoms with Crippen LogP contribution in [0.4, 0.5) is 26.3 Å². The van der Waals surface area contributed by atoms with Crippen LogP contribution in [0.15, 0.2) is 36.4 Å². The van der Waals surface area contributed by atoms with Gasteiger partial charge in [0.05, 0.1) is 16.8 Å². The van der Waals surface area contributed by atoms with E-state index in [9.17, 15) is 31.1 Å². The molecule has 1 aromatic heterocycles. The first-order chi connectivity index (χ1) is 11.9. The van der Waals surface area contributed by atoms with Crippen molar-refractivity contribution in [2.45, 2.75) is 25.8 Å². The smallest absolute Gasteiger partial charge is 0.337 e. The van der Waals surface area contributed by atoms with Gasteiger partial charge in [0.1, 0.15) is 5.69 Å². The first kappa shape index (κ1) is 19.7. The fourth-order valence-corrected chi connectivity index (χ4v) is 2.30. The van der Waals surface area contributed by atoms with Gasteiger partial charge in [-0.15, -0.1) is 0 Å². The van der Waals surface area contributed by atoms with Crippen LogP contribution in [0.1, 0.15) is 32.9 Å². The highest BCUT2D eigenvalue weighted by molar-refractivity contribution is 5.95. The molecule has 1 amide bonds. The normalized spacial score (nSPS) is 12.2. The molecule has 0 spiro atoms. The Hall–Kier alpha value is -2.58. The molecular weight excluding hydrogens is 362 g/mol. The number of carbonyl (C=O) groups is 1. The number of hydrogen-bond acceptors (Lipinski definition) is 2. The summed E-state index contributed by atoms with van der Waals surface area (Å²) in [6, 6.07) is 6.04. The molecule has 0 aliphatic carbocycles. The van der Waals surface area contributed by atoms with Crippen LogP contribution in [0, 0.1) is 6.92 Å². The summed E-state index contributed by atoms with van der Waals surface area (Å²) in [5.41, 5.74) is -1.54. The molecule has 0 fully saturated rings. The quantitative estimate of drug-likeness (QED) is 0.728. The lowest BCUT2D eigenvalue weighted by Crippen LogP contribution is -2.27. The maximum Gasteiger partial charge on any atom is 0.433 e. The predicted octanol–water partition coefficient (Wildman–Crippen LogP) is 4.70. The standard InChI is InChI=1S/C17H14F6N2O/c1-10-13(7-8-14(24-10)17(21,22)23)15(26)25(2)9-11-3-5-12(6-4-11)16(18,19)20/h3-8H,9H2,1-2H3. The molecular formula is C17H14F6N2O. The second-order valence-corrected chi connectivity index (χ2v) is 5.68. The van der Waals surface area contributed by atoms with Crippen LogP contribution in [0.3, 0.4) is 0 Å². The minimum atomic E-state index is -4.61. The Morgan fingerprint density at radius 2 is 1.54 bits per heavy atom. The topological polar surface area (TPSA) is 33.2 Å². The Labute approximate surface area is 145 Å². The molecule has 0 aliphatic heterocycles. The minimum absolute atomic E-state index is 0.00255. The fourth-order valence-electron chi connectivity index (χ4n) is 2.30. The van der Waals surface area contributed by atoms with Crippen molar-refractivity contribution in [3.8, 4) is 0 Å². The molecule has 1 heterocycles. The molecule has 140 valence electrons. The molecule has 0 N–H and O–H groups in total. The van der Waals surface area contributed by atoms with Gasteiger partial charge in [0.25, 0.3) is 5.91 Å². The highest BCUT2D eigenvalue weighted by atomic mass is 19.4. The molecule has 0 unspecified atom stereocenters. The minimum Gasteiger partial charge on any atom is -0.337 e. The van der Waals surface area contributed by atoms with Crippen LogP contribution < -0.4 is 0 Å². The average molecular weight is 376 g/mol. The Morgan fingerprint density at radius 1 is 0.962 bits per heavy atom. The van der Waals surface area contributed by atoms with E-state index in [2.05, 4.69) is 4.98 Å². The number of aromatic nitrogens is 1. The van der Waals surface area contributed by atoms with Crippen LogP contribution in [-0.4, -0.2) is 22.8 Å². The number of hydrogen-bond donors (Lipinski definition) is 0. The van der Waals surface area contributed by atoms with E-state index in [0.29, 0.717) is 11.6 Å². The Kier molecular flexibility index (Phi) is 5.29. The van der Waals surface area contributed by atoms with Crippen LogP contribution >= 0.6 is 0 Å². The Morgan fingerprint density at radius 3 is 2.00 bits per heavy atom. The Bertz CT molecular complexity index is 796. The van der Waals surface area contributed by atoms with Crippen LogP contribution in [-0.2, 0) is 18.9 Å². The number of carbonyl (C=O) groups excluding carboxylic acids is 1. The zero-order valence-electron chi connectivity index (χ0n) is 13.7.